The molecule has 1 aliphatic rings. The predicted octanol–water partition coefficient (Wildman–Crippen LogP) is 2.16. The van der Waals surface area contributed by atoms with Crippen molar-refractivity contribution >= 4 is 5.90 Å². The van der Waals surface area contributed by atoms with E-state index in [1.165, 1.54) is 0 Å². The third-order valence-corrected chi connectivity index (χ3v) is 2.91. The first-order chi connectivity index (χ1) is 8.84. The fraction of sp³-hybridized carbons (Fsp3) is 0.214. The van der Waals surface area contributed by atoms with E-state index in [4.69, 9.17) is 9.15 Å². The Kier molecular flexibility index (Phi) is 2.86. The third kappa shape index (κ3) is 2.02. The Morgan fingerprint density at radius 3 is 2.72 bits per heavy atom. The van der Waals surface area contributed by atoms with Crippen LogP contribution in [-0.2, 0) is 4.74 Å². The minimum absolute atomic E-state index is 0.333. The fourth-order valence-corrected chi connectivity index (χ4v) is 1.99. The summed E-state index contributed by atoms with van der Waals surface area (Å²) in [7, 11) is 0. The molecule has 0 spiro atoms. The van der Waals surface area contributed by atoms with Crippen LogP contribution in [-0.4, -0.2) is 23.7 Å². The molecule has 18 heavy (non-hydrogen) atoms. The zero-order valence-electron chi connectivity index (χ0n) is 9.69. The molecule has 4 nitrogen and oxygen atoms in total. The maximum Gasteiger partial charge on any atom is 0.220 e. The molecule has 3 rings (SSSR count). The number of rotatable bonds is 2. The summed E-state index contributed by atoms with van der Waals surface area (Å²) in [6.45, 7) is 0.333. The van der Waals surface area contributed by atoms with Crippen molar-refractivity contribution in [1.29, 1.82) is 0 Å². The van der Waals surface area contributed by atoms with Crippen molar-refractivity contribution < 1.29 is 14.3 Å². The lowest BCUT2D eigenvalue weighted by Crippen LogP contribution is -2.31. The number of nitrogens with zero attached hydrogens (tertiary/aromatic N) is 1. The topological polar surface area (TPSA) is 55.0 Å². The van der Waals surface area contributed by atoms with Gasteiger partial charge >= 0.3 is 0 Å². The van der Waals surface area contributed by atoms with Crippen LogP contribution >= 0.6 is 0 Å². The van der Waals surface area contributed by atoms with Gasteiger partial charge < -0.3 is 14.3 Å². The number of benzene rings is 1. The first-order valence-electron chi connectivity index (χ1n) is 5.81. The van der Waals surface area contributed by atoms with E-state index in [9.17, 15) is 5.11 Å². The van der Waals surface area contributed by atoms with E-state index < -0.39 is 6.10 Å². The quantitative estimate of drug-likeness (QED) is 0.879. The van der Waals surface area contributed by atoms with E-state index >= 15 is 0 Å². The minimum atomic E-state index is -0.622. The molecule has 0 fully saturated rings. The average molecular weight is 243 g/mol. The van der Waals surface area contributed by atoms with Crippen LogP contribution < -0.4 is 0 Å². The van der Waals surface area contributed by atoms with Gasteiger partial charge in [0.15, 0.2) is 6.10 Å². The molecule has 2 aromatic rings. The van der Waals surface area contributed by atoms with Gasteiger partial charge in [0.25, 0.3) is 0 Å². The van der Waals surface area contributed by atoms with Crippen molar-refractivity contribution in [1.82, 2.24) is 0 Å². The zero-order chi connectivity index (χ0) is 12.4. The minimum Gasteiger partial charge on any atom is -0.472 e. The second-order valence-electron chi connectivity index (χ2n) is 4.17. The van der Waals surface area contributed by atoms with Crippen molar-refractivity contribution in [2.24, 2.45) is 4.99 Å². The molecule has 2 atom stereocenters. The smallest absolute Gasteiger partial charge is 0.220 e. The maximum absolute atomic E-state index is 9.98. The van der Waals surface area contributed by atoms with E-state index in [1.54, 1.807) is 18.6 Å². The summed E-state index contributed by atoms with van der Waals surface area (Å²) in [5.74, 6) is 0.517. The van der Waals surface area contributed by atoms with Crippen LogP contribution in [0.4, 0.5) is 0 Å². The first kappa shape index (κ1) is 11.0. The normalized spacial score (nSPS) is 23.3. The van der Waals surface area contributed by atoms with E-state index in [-0.39, 0.29) is 6.10 Å². The molecule has 92 valence electrons. The Bertz CT molecular complexity index is 533. The second kappa shape index (κ2) is 4.66. The Morgan fingerprint density at radius 2 is 2.00 bits per heavy atom. The molecule has 0 amide bonds. The zero-order valence-corrected chi connectivity index (χ0v) is 9.69. The number of aliphatic imine (C=N–C) groups is 1. The average Bonchev–Trinajstić information content (AvgIpc) is 2.94. The van der Waals surface area contributed by atoms with Crippen molar-refractivity contribution in [3.05, 3.63) is 60.1 Å². The molecule has 2 heterocycles. The molecular formula is C14H13NO3. The van der Waals surface area contributed by atoms with Crippen LogP contribution in [0.15, 0.2) is 58.3 Å². The Balaban J connectivity index is 1.87. The molecule has 0 saturated carbocycles. The van der Waals surface area contributed by atoms with Gasteiger partial charge in [0.1, 0.15) is 12.4 Å². The van der Waals surface area contributed by atoms with Crippen molar-refractivity contribution in [3.63, 3.8) is 0 Å². The van der Waals surface area contributed by atoms with Gasteiger partial charge in [-0.15, -0.1) is 0 Å². The molecule has 0 saturated heterocycles. The standard InChI is InChI=1S/C14H13NO3/c16-12-8-15-14(11-6-7-17-9-11)18-13(12)10-4-2-1-3-5-10/h1-7,9,12-13,16H,8H2. The predicted molar refractivity (Wildman–Crippen MR) is 66.4 cm³/mol. The molecule has 2 unspecified atom stereocenters. The number of furan rings is 1. The molecule has 1 aromatic carbocycles. The number of hydrogen-bond donors (Lipinski definition) is 1. The molecular weight excluding hydrogens is 230 g/mol. The summed E-state index contributed by atoms with van der Waals surface area (Å²) in [5, 5.41) is 9.98. The highest BCUT2D eigenvalue weighted by Gasteiger charge is 2.28. The summed E-state index contributed by atoms with van der Waals surface area (Å²) in [6.07, 6.45) is 2.15. The van der Waals surface area contributed by atoms with E-state index in [0.717, 1.165) is 11.1 Å². The lowest BCUT2D eigenvalue weighted by atomic mass is 10.0. The van der Waals surface area contributed by atoms with Crippen molar-refractivity contribution in [2.75, 3.05) is 6.54 Å². The van der Waals surface area contributed by atoms with Crippen molar-refractivity contribution in [2.45, 2.75) is 12.2 Å². The molecule has 0 radical (unpaired) electrons. The number of aliphatic hydroxyl groups excluding tert-OH is 1. The highest BCUT2D eigenvalue weighted by Crippen LogP contribution is 2.26. The lowest BCUT2D eigenvalue weighted by molar-refractivity contribution is 0.0216. The Labute approximate surface area is 105 Å². The van der Waals surface area contributed by atoms with Crippen LogP contribution in [0.1, 0.15) is 17.2 Å². The van der Waals surface area contributed by atoms with E-state index in [0.29, 0.717) is 12.4 Å². The largest absolute Gasteiger partial charge is 0.472 e. The van der Waals surface area contributed by atoms with Crippen molar-refractivity contribution in [3.8, 4) is 0 Å². The summed E-state index contributed by atoms with van der Waals surface area (Å²) in [4.78, 5) is 4.21. The van der Waals surface area contributed by atoms with Gasteiger partial charge in [-0.1, -0.05) is 30.3 Å². The fourth-order valence-electron chi connectivity index (χ4n) is 1.99. The van der Waals surface area contributed by atoms with E-state index in [2.05, 4.69) is 4.99 Å². The van der Waals surface area contributed by atoms with Crippen LogP contribution in [0.5, 0.6) is 0 Å². The van der Waals surface area contributed by atoms with Crippen LogP contribution in [0.2, 0.25) is 0 Å². The summed E-state index contributed by atoms with van der Waals surface area (Å²) < 4.78 is 10.8. The second-order valence-corrected chi connectivity index (χ2v) is 4.17. The van der Waals surface area contributed by atoms with Gasteiger partial charge in [-0.05, 0) is 11.6 Å². The Hall–Kier alpha value is -2.07. The molecule has 1 aliphatic heterocycles. The van der Waals surface area contributed by atoms with Gasteiger partial charge in [0.2, 0.25) is 5.90 Å². The summed E-state index contributed by atoms with van der Waals surface area (Å²) >= 11 is 0. The summed E-state index contributed by atoms with van der Waals surface area (Å²) in [6, 6.07) is 11.4. The van der Waals surface area contributed by atoms with Crippen LogP contribution in [0, 0.1) is 0 Å². The van der Waals surface area contributed by atoms with Crippen LogP contribution in [0.25, 0.3) is 0 Å². The van der Waals surface area contributed by atoms with Gasteiger partial charge in [-0.3, -0.25) is 0 Å². The highest BCUT2D eigenvalue weighted by molar-refractivity contribution is 5.94. The third-order valence-electron chi connectivity index (χ3n) is 2.91. The van der Waals surface area contributed by atoms with Crippen LogP contribution in [0.3, 0.4) is 0 Å². The molecule has 0 bridgehead atoms. The number of aliphatic hydroxyl groups is 1. The van der Waals surface area contributed by atoms with Gasteiger partial charge in [0, 0.05) is 0 Å². The Morgan fingerprint density at radius 1 is 1.17 bits per heavy atom. The van der Waals surface area contributed by atoms with E-state index in [1.807, 2.05) is 30.3 Å². The lowest BCUT2D eigenvalue weighted by Gasteiger charge is -2.28. The van der Waals surface area contributed by atoms with Gasteiger partial charge in [0.05, 0.1) is 18.4 Å². The maximum atomic E-state index is 9.98. The SMILES string of the molecule is OC1CN=C(c2ccoc2)OC1c1ccccc1. The molecule has 1 N–H and O–H groups in total. The summed E-state index contributed by atoms with van der Waals surface area (Å²) in [5.41, 5.74) is 1.74. The first-order valence-corrected chi connectivity index (χ1v) is 5.81. The number of ether oxygens (including phenoxy) is 1. The molecule has 0 aliphatic carbocycles. The highest BCUT2D eigenvalue weighted by atomic mass is 16.5. The van der Waals surface area contributed by atoms with Gasteiger partial charge in [-0.25, -0.2) is 4.99 Å². The van der Waals surface area contributed by atoms with Gasteiger partial charge in [-0.2, -0.15) is 0 Å². The monoisotopic (exact) mass is 243 g/mol. The molecule has 1 aromatic heterocycles. The number of hydrogen-bond acceptors (Lipinski definition) is 4. The molecule has 4 heteroatoms.